The molecule has 2 aromatic rings. The van der Waals surface area contributed by atoms with Crippen LogP contribution >= 0.6 is 0 Å². The molecule has 1 aromatic carbocycles. The van der Waals surface area contributed by atoms with Crippen molar-refractivity contribution in [3.05, 3.63) is 33.4 Å². The number of fused-ring (bicyclic) bond motifs is 2. The monoisotopic (exact) mass is 403 g/mol. The number of hydrogen-bond acceptors (Lipinski definition) is 6. The maximum atomic E-state index is 15.4. The summed E-state index contributed by atoms with van der Waals surface area (Å²) < 4.78 is 22.8. The second-order valence-corrected chi connectivity index (χ2v) is 8.18. The first-order chi connectivity index (χ1) is 13.8. The molecular formula is C20H22FN3O5. The van der Waals surface area contributed by atoms with Crippen LogP contribution in [0.3, 0.4) is 0 Å². The van der Waals surface area contributed by atoms with Crippen LogP contribution in [0.1, 0.15) is 41.2 Å². The predicted octanol–water partition coefficient (Wildman–Crippen LogP) is 1.49. The number of phenols is 1. The lowest BCUT2D eigenvalue weighted by Crippen LogP contribution is -2.35. The van der Waals surface area contributed by atoms with Gasteiger partial charge in [-0.1, -0.05) is 0 Å². The molecule has 3 atom stereocenters. The zero-order valence-corrected chi connectivity index (χ0v) is 15.9. The first-order valence-electron chi connectivity index (χ1n) is 9.78. The van der Waals surface area contributed by atoms with Crippen molar-refractivity contribution in [3.63, 3.8) is 0 Å². The highest BCUT2D eigenvalue weighted by Crippen LogP contribution is 2.45. The summed E-state index contributed by atoms with van der Waals surface area (Å²) in [4.78, 5) is 26.2. The summed E-state index contributed by atoms with van der Waals surface area (Å²) in [6, 6.07) is -0.357. The van der Waals surface area contributed by atoms with Crippen molar-refractivity contribution >= 4 is 22.6 Å². The highest BCUT2D eigenvalue weighted by Gasteiger charge is 2.46. The number of phenolic OH excluding ortho intramolecular Hbond substituents is 1. The third-order valence-electron chi connectivity index (χ3n) is 6.39. The minimum atomic E-state index is -1.40. The molecule has 0 bridgehead atoms. The number of aromatic nitrogens is 1. The summed E-state index contributed by atoms with van der Waals surface area (Å²) in [7, 11) is 0. The van der Waals surface area contributed by atoms with Crippen LogP contribution in [0.5, 0.6) is 5.75 Å². The Morgan fingerprint density at radius 1 is 1.34 bits per heavy atom. The average molecular weight is 403 g/mol. The number of aromatic carboxylic acids is 1. The van der Waals surface area contributed by atoms with Gasteiger partial charge in [-0.3, -0.25) is 4.79 Å². The standard InChI is InChI=1S/C20H22FN3O5/c1-8-15-13(17(25)10(20(27)28)6-23(15)9-2-3-9)18(26)14(21)16(8)24-7-11(22)19-12(24)4-5-29-19/h6,9,11-12,19,26H,2-5,7,22H2,1H3,(H,27,28). The van der Waals surface area contributed by atoms with Gasteiger partial charge in [0.25, 0.3) is 0 Å². The van der Waals surface area contributed by atoms with Crippen LogP contribution in [0.4, 0.5) is 10.1 Å². The van der Waals surface area contributed by atoms with Gasteiger partial charge in [0.05, 0.1) is 34.8 Å². The van der Waals surface area contributed by atoms with Crippen LogP contribution in [0.15, 0.2) is 11.0 Å². The normalized spacial score (nSPS) is 26.3. The maximum absolute atomic E-state index is 15.4. The Morgan fingerprint density at radius 2 is 2.07 bits per heavy atom. The molecule has 2 aliphatic heterocycles. The topological polar surface area (TPSA) is 118 Å². The lowest BCUT2D eigenvalue weighted by Gasteiger charge is -2.29. The summed E-state index contributed by atoms with van der Waals surface area (Å²) in [6.07, 6.45) is 3.47. The van der Waals surface area contributed by atoms with Crippen LogP contribution in [-0.2, 0) is 4.74 Å². The molecule has 1 aromatic heterocycles. The van der Waals surface area contributed by atoms with Gasteiger partial charge >= 0.3 is 5.97 Å². The molecule has 2 saturated heterocycles. The molecule has 3 aliphatic rings. The summed E-state index contributed by atoms with van der Waals surface area (Å²) in [5.74, 6) is -3.12. The molecule has 3 unspecified atom stereocenters. The molecule has 9 heteroatoms. The van der Waals surface area contributed by atoms with E-state index >= 15 is 4.39 Å². The number of carboxylic acid groups (broad SMARTS) is 1. The van der Waals surface area contributed by atoms with E-state index in [2.05, 4.69) is 0 Å². The van der Waals surface area contributed by atoms with Crippen molar-refractivity contribution < 1.29 is 24.1 Å². The number of nitrogens with zero attached hydrogens (tertiary/aromatic N) is 2. The van der Waals surface area contributed by atoms with E-state index in [1.165, 1.54) is 6.20 Å². The molecule has 3 fully saturated rings. The second kappa shape index (κ2) is 6.17. The Labute approximate surface area is 165 Å². The maximum Gasteiger partial charge on any atom is 0.341 e. The average Bonchev–Trinajstić information content (AvgIpc) is 3.31. The number of benzene rings is 1. The van der Waals surface area contributed by atoms with Gasteiger partial charge in [-0.05, 0) is 26.2 Å². The van der Waals surface area contributed by atoms with Crippen LogP contribution in [0.25, 0.3) is 10.9 Å². The van der Waals surface area contributed by atoms with Crippen molar-refractivity contribution in [3.8, 4) is 5.75 Å². The van der Waals surface area contributed by atoms with E-state index in [0.717, 1.165) is 12.8 Å². The fourth-order valence-corrected chi connectivity index (χ4v) is 4.93. The van der Waals surface area contributed by atoms with Crippen LogP contribution in [-0.4, -0.2) is 52.1 Å². The van der Waals surface area contributed by atoms with Crippen LogP contribution in [0.2, 0.25) is 0 Å². The van der Waals surface area contributed by atoms with E-state index in [1.807, 2.05) is 4.90 Å². The molecule has 5 rings (SSSR count). The molecule has 1 saturated carbocycles. The van der Waals surface area contributed by atoms with Gasteiger partial charge in [-0.2, -0.15) is 0 Å². The predicted molar refractivity (Wildman–Crippen MR) is 103 cm³/mol. The quantitative estimate of drug-likeness (QED) is 0.711. The lowest BCUT2D eigenvalue weighted by molar-refractivity contribution is 0.0695. The van der Waals surface area contributed by atoms with E-state index in [9.17, 15) is 19.8 Å². The molecule has 0 amide bonds. The number of hydrogen-bond donors (Lipinski definition) is 3. The molecule has 4 N–H and O–H groups in total. The number of pyridine rings is 1. The molecule has 0 spiro atoms. The van der Waals surface area contributed by atoms with Gasteiger partial charge in [-0.25, -0.2) is 9.18 Å². The van der Waals surface area contributed by atoms with Crippen molar-refractivity contribution in [1.29, 1.82) is 0 Å². The number of nitrogens with two attached hydrogens (primary N) is 1. The minimum absolute atomic E-state index is 0.0241. The van der Waals surface area contributed by atoms with Crippen molar-refractivity contribution in [2.24, 2.45) is 5.73 Å². The summed E-state index contributed by atoms with van der Waals surface area (Å²) in [5.41, 5.74) is 5.93. The third-order valence-corrected chi connectivity index (χ3v) is 6.39. The minimum Gasteiger partial charge on any atom is -0.504 e. The zero-order chi connectivity index (χ0) is 20.6. The van der Waals surface area contributed by atoms with Gasteiger partial charge in [0, 0.05) is 31.0 Å². The van der Waals surface area contributed by atoms with Gasteiger partial charge in [0.15, 0.2) is 11.6 Å². The highest BCUT2D eigenvalue weighted by atomic mass is 19.1. The molecule has 29 heavy (non-hydrogen) atoms. The Hall–Kier alpha value is -2.65. The van der Waals surface area contributed by atoms with Crippen molar-refractivity contribution in [2.45, 2.75) is 50.4 Å². The highest BCUT2D eigenvalue weighted by molar-refractivity contribution is 5.98. The summed E-state index contributed by atoms with van der Waals surface area (Å²) in [6.45, 7) is 2.61. The Morgan fingerprint density at radius 3 is 2.72 bits per heavy atom. The summed E-state index contributed by atoms with van der Waals surface area (Å²) >= 11 is 0. The summed E-state index contributed by atoms with van der Waals surface area (Å²) in [5, 5.41) is 19.8. The molecule has 154 valence electrons. The Bertz CT molecular complexity index is 1110. The van der Waals surface area contributed by atoms with E-state index in [0.29, 0.717) is 30.7 Å². The fourth-order valence-electron chi connectivity index (χ4n) is 4.93. The molecule has 8 nitrogen and oxygen atoms in total. The number of halogens is 1. The van der Waals surface area contributed by atoms with Gasteiger partial charge in [0.2, 0.25) is 5.43 Å². The largest absolute Gasteiger partial charge is 0.504 e. The van der Waals surface area contributed by atoms with Gasteiger partial charge in [0.1, 0.15) is 5.56 Å². The third kappa shape index (κ3) is 2.50. The number of carboxylic acids is 1. The molecular weight excluding hydrogens is 381 g/mol. The number of aromatic hydroxyl groups is 1. The van der Waals surface area contributed by atoms with Crippen molar-refractivity contribution in [2.75, 3.05) is 18.1 Å². The first-order valence-corrected chi connectivity index (χ1v) is 9.78. The van der Waals surface area contributed by atoms with Crippen LogP contribution < -0.4 is 16.1 Å². The van der Waals surface area contributed by atoms with Gasteiger partial charge < -0.3 is 30.2 Å². The number of ether oxygens (including phenoxy) is 1. The Balaban J connectivity index is 1.82. The van der Waals surface area contributed by atoms with E-state index < -0.39 is 28.5 Å². The Kier molecular flexibility index (Phi) is 3.91. The van der Waals surface area contributed by atoms with E-state index in [4.69, 9.17) is 10.5 Å². The number of aryl methyl sites for hydroxylation is 1. The first kappa shape index (κ1) is 18.4. The second-order valence-electron chi connectivity index (χ2n) is 8.18. The van der Waals surface area contributed by atoms with E-state index in [-0.39, 0.29) is 35.3 Å². The van der Waals surface area contributed by atoms with Crippen molar-refractivity contribution in [1.82, 2.24) is 4.57 Å². The smallest absolute Gasteiger partial charge is 0.341 e. The molecule has 3 heterocycles. The van der Waals surface area contributed by atoms with Gasteiger partial charge in [-0.15, -0.1) is 0 Å². The molecule has 1 aliphatic carbocycles. The number of rotatable bonds is 3. The SMILES string of the molecule is Cc1c(N2CC(N)C3OCCC32)c(F)c(O)c2c(=O)c(C(=O)O)cn(C3CC3)c12. The fraction of sp³-hybridized carbons (Fsp3) is 0.500. The zero-order valence-electron chi connectivity index (χ0n) is 15.9. The van der Waals surface area contributed by atoms with Crippen LogP contribution in [0, 0.1) is 12.7 Å². The lowest BCUT2D eigenvalue weighted by atomic mass is 10.0. The molecule has 0 radical (unpaired) electrons. The number of anilines is 1. The number of carbonyl (C=O) groups is 1. The van der Waals surface area contributed by atoms with E-state index in [1.54, 1.807) is 11.5 Å².